The topological polar surface area (TPSA) is 58.2 Å². The van der Waals surface area contributed by atoms with E-state index in [0.29, 0.717) is 10.8 Å². The van der Waals surface area contributed by atoms with Gasteiger partial charge in [0, 0.05) is 17.0 Å². The second-order valence-corrected chi connectivity index (χ2v) is 6.19. The molecule has 20 heavy (non-hydrogen) atoms. The maximum Gasteiger partial charge on any atom is 0.262 e. The first kappa shape index (κ1) is 14.7. The van der Waals surface area contributed by atoms with Gasteiger partial charge in [-0.15, -0.1) is 0 Å². The molecule has 4 nitrogen and oxygen atoms in total. The highest BCUT2D eigenvalue weighted by Gasteiger charge is 2.21. The van der Waals surface area contributed by atoms with E-state index < -0.39 is 0 Å². The summed E-state index contributed by atoms with van der Waals surface area (Å²) >= 11 is 1.32. The van der Waals surface area contributed by atoms with Crippen molar-refractivity contribution in [3.05, 3.63) is 35.2 Å². The first-order valence-electron chi connectivity index (χ1n) is 6.58. The fourth-order valence-corrected chi connectivity index (χ4v) is 2.58. The molecule has 0 bridgehead atoms. The molecule has 1 atom stereocenters. The van der Waals surface area contributed by atoms with Crippen LogP contribution >= 0.6 is 11.8 Å². The monoisotopic (exact) mass is 290 g/mol. The van der Waals surface area contributed by atoms with Crippen LogP contribution in [-0.2, 0) is 9.59 Å². The third-order valence-corrected chi connectivity index (χ3v) is 4.31. The molecule has 5 heteroatoms. The molecule has 0 spiro atoms. The van der Waals surface area contributed by atoms with E-state index in [1.165, 1.54) is 17.8 Å². The zero-order chi connectivity index (χ0) is 14.7. The van der Waals surface area contributed by atoms with Crippen LogP contribution in [0.5, 0.6) is 0 Å². The van der Waals surface area contributed by atoms with Gasteiger partial charge in [-0.1, -0.05) is 37.7 Å². The number of carbonyl (C=O) groups is 2. The van der Waals surface area contributed by atoms with Gasteiger partial charge < -0.3 is 10.6 Å². The van der Waals surface area contributed by atoms with Gasteiger partial charge in [0.05, 0.1) is 10.6 Å². The second kappa shape index (κ2) is 6.13. The van der Waals surface area contributed by atoms with E-state index in [-0.39, 0.29) is 17.9 Å². The molecular formula is C15H18N2O2S. The molecule has 0 aliphatic carbocycles. The smallest absolute Gasteiger partial charge is 0.262 e. The average Bonchev–Trinajstić information content (AvgIpc) is 2.39. The minimum Gasteiger partial charge on any atom is -0.350 e. The molecule has 1 aromatic rings. The van der Waals surface area contributed by atoms with E-state index in [0.717, 1.165) is 10.6 Å². The Hall–Kier alpha value is -1.75. The molecule has 2 amide bonds. The number of anilines is 1. The third kappa shape index (κ3) is 3.42. The van der Waals surface area contributed by atoms with Crippen molar-refractivity contribution in [1.82, 2.24) is 5.32 Å². The van der Waals surface area contributed by atoms with E-state index >= 15 is 0 Å². The number of rotatable bonds is 3. The lowest BCUT2D eigenvalue weighted by Gasteiger charge is -2.19. The summed E-state index contributed by atoms with van der Waals surface area (Å²) in [4.78, 5) is 25.2. The molecule has 0 saturated carbocycles. The molecule has 0 radical (unpaired) electrons. The van der Waals surface area contributed by atoms with Crippen molar-refractivity contribution < 1.29 is 9.59 Å². The van der Waals surface area contributed by atoms with Gasteiger partial charge in [-0.25, -0.2) is 0 Å². The predicted molar refractivity (Wildman–Crippen MR) is 81.5 cm³/mol. The fraction of sp³-hybridized carbons (Fsp3) is 0.333. The number of thioether (sulfide) groups is 1. The van der Waals surface area contributed by atoms with Crippen molar-refractivity contribution >= 4 is 29.3 Å². The maximum absolute atomic E-state index is 11.9. The Morgan fingerprint density at radius 2 is 2.00 bits per heavy atom. The Morgan fingerprint density at radius 3 is 2.70 bits per heavy atom. The number of nitrogens with one attached hydrogen (secondary N) is 2. The predicted octanol–water partition coefficient (Wildman–Crippen LogP) is 2.78. The number of hydrogen-bond acceptors (Lipinski definition) is 3. The fourth-order valence-electron chi connectivity index (χ4n) is 1.65. The Bertz CT molecular complexity index is 567. The third-order valence-electron chi connectivity index (χ3n) is 3.21. The zero-order valence-electron chi connectivity index (χ0n) is 11.8. The van der Waals surface area contributed by atoms with Gasteiger partial charge in [0.2, 0.25) is 5.91 Å². The Balaban J connectivity index is 2.11. The molecular weight excluding hydrogens is 272 g/mol. The quantitative estimate of drug-likeness (QED) is 0.842. The normalized spacial score (nSPS) is 17.6. The summed E-state index contributed by atoms with van der Waals surface area (Å²) in [5, 5.41) is 5.65. The molecule has 2 rings (SSSR count). The minimum absolute atomic E-state index is 0.0725. The Labute approximate surface area is 123 Å². The molecule has 0 saturated heterocycles. The lowest BCUT2D eigenvalue weighted by Crippen LogP contribution is -2.35. The molecule has 0 unspecified atom stereocenters. The highest BCUT2D eigenvalue weighted by Crippen LogP contribution is 2.37. The van der Waals surface area contributed by atoms with Gasteiger partial charge in [0.1, 0.15) is 0 Å². The second-order valence-electron chi connectivity index (χ2n) is 5.10. The van der Waals surface area contributed by atoms with Gasteiger partial charge >= 0.3 is 0 Å². The maximum atomic E-state index is 11.9. The van der Waals surface area contributed by atoms with Gasteiger partial charge in [-0.2, -0.15) is 0 Å². The van der Waals surface area contributed by atoms with Crippen LogP contribution < -0.4 is 10.6 Å². The molecule has 1 aliphatic heterocycles. The molecule has 1 aliphatic rings. The first-order valence-corrected chi connectivity index (χ1v) is 7.39. The van der Waals surface area contributed by atoms with Crippen LogP contribution in [0.15, 0.2) is 40.1 Å². The first-order chi connectivity index (χ1) is 9.47. The van der Waals surface area contributed by atoms with Crippen LogP contribution in [0.3, 0.4) is 0 Å². The lowest BCUT2D eigenvalue weighted by molar-refractivity contribution is -0.118. The van der Waals surface area contributed by atoms with Crippen LogP contribution in [0.2, 0.25) is 0 Å². The number of para-hydroxylation sites is 1. The zero-order valence-corrected chi connectivity index (χ0v) is 12.6. The van der Waals surface area contributed by atoms with Crippen molar-refractivity contribution in [2.45, 2.75) is 31.7 Å². The summed E-state index contributed by atoms with van der Waals surface area (Å²) in [7, 11) is 0. The minimum atomic E-state index is -0.235. The van der Waals surface area contributed by atoms with Crippen molar-refractivity contribution in [2.75, 3.05) is 5.32 Å². The standard InChI is InChI=1S/C15H18N2O2S/c1-9(2)10(3)16-14(18)8-13-15(19)17-11-6-4-5-7-12(11)20-13/h4-10H,1-3H3,(H,16,18)(H,17,19)/b13-8-/t10-/m1/s1. The SMILES string of the molecule is CC(C)[C@@H](C)NC(=O)/C=C1\Sc2ccccc2NC1=O. The van der Waals surface area contributed by atoms with Crippen LogP contribution in [0.4, 0.5) is 5.69 Å². The Morgan fingerprint density at radius 1 is 1.30 bits per heavy atom. The molecule has 0 fully saturated rings. The summed E-state index contributed by atoms with van der Waals surface area (Å²) in [6.07, 6.45) is 1.37. The van der Waals surface area contributed by atoms with Crippen LogP contribution in [0.1, 0.15) is 20.8 Å². The van der Waals surface area contributed by atoms with Crippen molar-refractivity contribution in [1.29, 1.82) is 0 Å². The number of amides is 2. The highest BCUT2D eigenvalue weighted by atomic mass is 32.2. The van der Waals surface area contributed by atoms with E-state index in [1.54, 1.807) is 0 Å². The molecule has 1 heterocycles. The summed E-state index contributed by atoms with van der Waals surface area (Å²) < 4.78 is 0. The van der Waals surface area contributed by atoms with Crippen LogP contribution in [0.25, 0.3) is 0 Å². The number of benzene rings is 1. The summed E-state index contributed by atoms with van der Waals surface area (Å²) in [5.41, 5.74) is 0.788. The van der Waals surface area contributed by atoms with Crippen molar-refractivity contribution in [3.63, 3.8) is 0 Å². The number of hydrogen-bond donors (Lipinski definition) is 2. The average molecular weight is 290 g/mol. The van der Waals surface area contributed by atoms with Gasteiger partial charge in [0.15, 0.2) is 0 Å². The van der Waals surface area contributed by atoms with Gasteiger partial charge in [-0.05, 0) is 25.0 Å². The molecule has 2 N–H and O–H groups in total. The largest absolute Gasteiger partial charge is 0.350 e. The van der Waals surface area contributed by atoms with Crippen LogP contribution in [-0.4, -0.2) is 17.9 Å². The molecule has 0 aromatic heterocycles. The lowest BCUT2D eigenvalue weighted by atomic mass is 10.1. The van der Waals surface area contributed by atoms with Crippen LogP contribution in [0, 0.1) is 5.92 Å². The molecule has 106 valence electrons. The van der Waals surface area contributed by atoms with Gasteiger partial charge in [-0.3, -0.25) is 9.59 Å². The van der Waals surface area contributed by atoms with E-state index in [2.05, 4.69) is 10.6 Å². The van der Waals surface area contributed by atoms with E-state index in [4.69, 9.17) is 0 Å². The van der Waals surface area contributed by atoms with Gasteiger partial charge in [0.25, 0.3) is 5.91 Å². The van der Waals surface area contributed by atoms with Crippen molar-refractivity contribution in [3.8, 4) is 0 Å². The highest BCUT2D eigenvalue weighted by molar-refractivity contribution is 8.04. The number of carbonyl (C=O) groups excluding carboxylic acids is 2. The Kier molecular flexibility index (Phi) is 4.49. The molecule has 1 aromatic carbocycles. The summed E-state index contributed by atoms with van der Waals surface area (Å²) in [6.45, 7) is 6.03. The summed E-state index contributed by atoms with van der Waals surface area (Å²) in [6, 6.07) is 7.61. The van der Waals surface area contributed by atoms with E-state index in [1.807, 2.05) is 45.0 Å². The van der Waals surface area contributed by atoms with Crippen molar-refractivity contribution in [2.24, 2.45) is 5.92 Å². The van der Waals surface area contributed by atoms with E-state index in [9.17, 15) is 9.59 Å². The number of fused-ring (bicyclic) bond motifs is 1. The summed E-state index contributed by atoms with van der Waals surface area (Å²) in [5.74, 6) is -0.116.